The summed E-state index contributed by atoms with van der Waals surface area (Å²) in [5.74, 6) is 5.78. The van der Waals surface area contributed by atoms with Gasteiger partial charge in [0, 0.05) is 5.56 Å². The Kier molecular flexibility index (Phi) is 4.93. The number of nitrogens with two attached hydrogens (primary N) is 1. The van der Waals surface area contributed by atoms with Gasteiger partial charge in [-0.3, -0.25) is 0 Å². The maximum atomic E-state index is 13.8. The van der Waals surface area contributed by atoms with Gasteiger partial charge in [-0.15, -0.1) is 0 Å². The van der Waals surface area contributed by atoms with Crippen molar-refractivity contribution >= 4 is 0 Å². The standard InChI is InChI=1S/C17H13FN2O/c18-16-10-13(11-20)7-8-15(16)12-21-17-6-2-1-4-14(17)5-3-9-19/h1-2,4,6-8,10H,9,12,19H2. The molecule has 0 unspecified atom stereocenters. The predicted molar refractivity (Wildman–Crippen MR) is 77.8 cm³/mol. The smallest absolute Gasteiger partial charge is 0.135 e. The maximum Gasteiger partial charge on any atom is 0.135 e. The van der Waals surface area contributed by atoms with Crippen LogP contribution in [-0.4, -0.2) is 6.54 Å². The Hall–Kier alpha value is -2.82. The Morgan fingerprint density at radius 3 is 2.71 bits per heavy atom. The zero-order valence-corrected chi connectivity index (χ0v) is 11.3. The van der Waals surface area contributed by atoms with Crippen LogP contribution in [0.15, 0.2) is 42.5 Å². The van der Waals surface area contributed by atoms with Crippen LogP contribution < -0.4 is 10.5 Å². The van der Waals surface area contributed by atoms with E-state index in [0.717, 1.165) is 0 Å². The van der Waals surface area contributed by atoms with E-state index in [1.165, 1.54) is 6.07 Å². The van der Waals surface area contributed by atoms with Crippen LogP contribution in [0, 0.1) is 29.0 Å². The molecule has 4 heteroatoms. The van der Waals surface area contributed by atoms with E-state index in [9.17, 15) is 4.39 Å². The quantitative estimate of drug-likeness (QED) is 0.879. The minimum Gasteiger partial charge on any atom is -0.487 e. The van der Waals surface area contributed by atoms with E-state index in [4.69, 9.17) is 15.7 Å². The van der Waals surface area contributed by atoms with Gasteiger partial charge in [-0.05, 0) is 24.3 Å². The van der Waals surface area contributed by atoms with Gasteiger partial charge in [0.2, 0.25) is 0 Å². The number of benzene rings is 2. The normalized spacial score (nSPS) is 9.38. The molecule has 0 spiro atoms. The van der Waals surface area contributed by atoms with E-state index in [0.29, 0.717) is 16.9 Å². The molecule has 2 N–H and O–H groups in total. The fourth-order valence-electron chi connectivity index (χ4n) is 1.73. The van der Waals surface area contributed by atoms with E-state index in [-0.39, 0.29) is 18.7 Å². The molecule has 0 aliphatic carbocycles. The molecule has 0 fully saturated rings. The summed E-state index contributed by atoms with van der Waals surface area (Å²) in [6.07, 6.45) is 0. The van der Waals surface area contributed by atoms with E-state index in [2.05, 4.69) is 11.8 Å². The summed E-state index contributed by atoms with van der Waals surface area (Å²) in [4.78, 5) is 0. The molecule has 0 radical (unpaired) electrons. The lowest BCUT2D eigenvalue weighted by Gasteiger charge is -2.09. The second kappa shape index (κ2) is 7.09. The second-order valence-corrected chi connectivity index (χ2v) is 4.21. The minimum atomic E-state index is -0.459. The van der Waals surface area contributed by atoms with Crippen molar-refractivity contribution in [2.75, 3.05) is 6.54 Å². The average Bonchev–Trinajstić information content (AvgIpc) is 2.52. The van der Waals surface area contributed by atoms with Crippen molar-refractivity contribution in [3.8, 4) is 23.7 Å². The van der Waals surface area contributed by atoms with Crippen LogP contribution in [0.25, 0.3) is 0 Å². The zero-order chi connectivity index (χ0) is 15.1. The molecule has 0 bridgehead atoms. The van der Waals surface area contributed by atoms with E-state index in [1.54, 1.807) is 18.2 Å². The van der Waals surface area contributed by atoms with Crippen molar-refractivity contribution < 1.29 is 9.13 Å². The van der Waals surface area contributed by atoms with E-state index < -0.39 is 5.82 Å². The number of hydrogen-bond donors (Lipinski definition) is 1. The maximum absolute atomic E-state index is 13.8. The Balaban J connectivity index is 2.15. The van der Waals surface area contributed by atoms with Gasteiger partial charge in [0.25, 0.3) is 0 Å². The van der Waals surface area contributed by atoms with Crippen LogP contribution in [0.1, 0.15) is 16.7 Å². The summed E-state index contributed by atoms with van der Waals surface area (Å²) in [6.45, 7) is 0.331. The first-order chi connectivity index (χ1) is 10.2. The van der Waals surface area contributed by atoms with Crippen LogP contribution in [0.3, 0.4) is 0 Å². The molecular formula is C17H13FN2O. The van der Waals surface area contributed by atoms with Gasteiger partial charge in [0.05, 0.1) is 23.7 Å². The molecule has 0 aromatic heterocycles. The number of nitrogens with zero attached hydrogens (tertiary/aromatic N) is 1. The fourth-order valence-corrected chi connectivity index (χ4v) is 1.73. The highest BCUT2D eigenvalue weighted by Crippen LogP contribution is 2.19. The molecule has 21 heavy (non-hydrogen) atoms. The lowest BCUT2D eigenvalue weighted by atomic mass is 10.1. The third-order valence-electron chi connectivity index (χ3n) is 2.78. The summed E-state index contributed by atoms with van der Waals surface area (Å²) in [5.41, 5.74) is 6.72. The molecule has 0 amide bonds. The SMILES string of the molecule is N#Cc1ccc(COc2ccccc2C#CCN)c(F)c1. The average molecular weight is 280 g/mol. The third kappa shape index (κ3) is 3.82. The first-order valence-electron chi connectivity index (χ1n) is 6.34. The van der Waals surface area contributed by atoms with Gasteiger partial charge >= 0.3 is 0 Å². The Bertz CT molecular complexity index is 738. The Morgan fingerprint density at radius 1 is 1.19 bits per heavy atom. The van der Waals surface area contributed by atoms with Gasteiger partial charge in [0.15, 0.2) is 0 Å². The largest absolute Gasteiger partial charge is 0.487 e. The fraction of sp³-hybridized carbons (Fsp3) is 0.118. The van der Waals surface area contributed by atoms with Gasteiger partial charge in [0.1, 0.15) is 18.2 Å². The molecule has 0 saturated carbocycles. The molecule has 0 saturated heterocycles. The zero-order valence-electron chi connectivity index (χ0n) is 11.3. The summed E-state index contributed by atoms with van der Waals surface area (Å²) >= 11 is 0. The summed E-state index contributed by atoms with van der Waals surface area (Å²) in [5, 5.41) is 8.71. The van der Waals surface area contributed by atoms with Gasteiger partial charge in [-0.2, -0.15) is 5.26 Å². The molecule has 0 atom stereocenters. The van der Waals surface area contributed by atoms with Crippen molar-refractivity contribution in [3.05, 3.63) is 65.0 Å². The van der Waals surface area contributed by atoms with Crippen LogP contribution >= 0.6 is 0 Å². The van der Waals surface area contributed by atoms with Crippen LogP contribution in [0.5, 0.6) is 5.75 Å². The summed E-state index contributed by atoms with van der Waals surface area (Å²) in [6, 6.07) is 13.4. The molecule has 2 rings (SSSR count). The molecular weight excluding hydrogens is 267 g/mol. The van der Waals surface area contributed by atoms with Crippen molar-refractivity contribution in [2.45, 2.75) is 6.61 Å². The highest BCUT2D eigenvalue weighted by molar-refractivity contribution is 5.46. The third-order valence-corrected chi connectivity index (χ3v) is 2.78. The molecule has 2 aromatic carbocycles. The van der Waals surface area contributed by atoms with Crippen LogP contribution in [0.4, 0.5) is 4.39 Å². The Morgan fingerprint density at radius 2 is 2.00 bits per heavy atom. The molecule has 3 nitrogen and oxygen atoms in total. The number of rotatable bonds is 3. The topological polar surface area (TPSA) is 59.0 Å². The highest BCUT2D eigenvalue weighted by Gasteiger charge is 2.06. The van der Waals surface area contributed by atoms with Crippen molar-refractivity contribution in [3.63, 3.8) is 0 Å². The highest BCUT2D eigenvalue weighted by atomic mass is 19.1. The predicted octanol–water partition coefficient (Wildman–Crippen LogP) is 2.59. The molecule has 2 aromatic rings. The number of nitriles is 1. The minimum absolute atomic E-state index is 0.0683. The van der Waals surface area contributed by atoms with Gasteiger partial charge in [-0.25, -0.2) is 4.39 Å². The number of para-hydroxylation sites is 1. The van der Waals surface area contributed by atoms with Crippen molar-refractivity contribution in [2.24, 2.45) is 5.73 Å². The monoisotopic (exact) mass is 280 g/mol. The van der Waals surface area contributed by atoms with Crippen LogP contribution in [-0.2, 0) is 6.61 Å². The van der Waals surface area contributed by atoms with Crippen molar-refractivity contribution in [1.82, 2.24) is 0 Å². The lowest BCUT2D eigenvalue weighted by Crippen LogP contribution is -2.00. The van der Waals surface area contributed by atoms with Crippen LogP contribution in [0.2, 0.25) is 0 Å². The number of hydrogen-bond acceptors (Lipinski definition) is 3. The second-order valence-electron chi connectivity index (χ2n) is 4.21. The van der Waals surface area contributed by atoms with Gasteiger partial charge in [-0.1, -0.05) is 30.0 Å². The molecule has 0 aliphatic rings. The van der Waals surface area contributed by atoms with E-state index >= 15 is 0 Å². The number of ether oxygens (including phenoxy) is 1. The van der Waals surface area contributed by atoms with Crippen molar-refractivity contribution in [1.29, 1.82) is 5.26 Å². The molecule has 0 heterocycles. The number of halogens is 1. The Labute approximate surface area is 122 Å². The molecule has 0 aliphatic heterocycles. The molecule has 104 valence electrons. The van der Waals surface area contributed by atoms with Gasteiger partial charge < -0.3 is 10.5 Å². The first kappa shape index (κ1) is 14.6. The first-order valence-corrected chi connectivity index (χ1v) is 6.34. The van der Waals surface area contributed by atoms with E-state index in [1.807, 2.05) is 24.3 Å². The lowest BCUT2D eigenvalue weighted by molar-refractivity contribution is 0.299. The summed E-state index contributed by atoms with van der Waals surface area (Å²) < 4.78 is 19.4. The summed E-state index contributed by atoms with van der Waals surface area (Å²) in [7, 11) is 0.